The van der Waals surface area contributed by atoms with Crippen LogP contribution in [-0.2, 0) is 0 Å². The first-order chi connectivity index (χ1) is 8.63. The number of aromatic nitrogens is 1. The van der Waals surface area contributed by atoms with Gasteiger partial charge in [-0.05, 0) is 30.9 Å². The third kappa shape index (κ3) is 1.95. The molecule has 0 radical (unpaired) electrons. The van der Waals surface area contributed by atoms with E-state index in [1.807, 2.05) is 13.0 Å². The van der Waals surface area contributed by atoms with E-state index in [2.05, 4.69) is 15.2 Å². The molecule has 3 heterocycles. The van der Waals surface area contributed by atoms with Crippen molar-refractivity contribution < 1.29 is 4.79 Å². The Kier molecular flexibility index (Phi) is 2.70. The summed E-state index contributed by atoms with van der Waals surface area (Å²) in [5.41, 5.74) is 6.74. The molecule has 1 aromatic heterocycles. The third-order valence-electron chi connectivity index (χ3n) is 3.94. The zero-order valence-electron chi connectivity index (χ0n) is 10.5. The zero-order valence-corrected chi connectivity index (χ0v) is 10.5. The highest BCUT2D eigenvalue weighted by molar-refractivity contribution is 5.93. The van der Waals surface area contributed by atoms with Gasteiger partial charge in [0, 0.05) is 37.4 Å². The fourth-order valence-corrected chi connectivity index (χ4v) is 3.00. The maximum Gasteiger partial charge on any atom is 0.248 e. The summed E-state index contributed by atoms with van der Waals surface area (Å²) in [7, 11) is 0. The lowest BCUT2D eigenvalue weighted by molar-refractivity contribution is 0.1000. The molecule has 0 aliphatic carbocycles. The maximum atomic E-state index is 11.3. The number of aryl methyl sites for hydroxylation is 1. The predicted octanol–water partition coefficient (Wildman–Crippen LogP) is 0.145. The number of amides is 1. The van der Waals surface area contributed by atoms with Gasteiger partial charge in [-0.1, -0.05) is 0 Å². The average Bonchev–Trinajstić information content (AvgIpc) is 2.87. The van der Waals surface area contributed by atoms with Crippen molar-refractivity contribution in [3.63, 3.8) is 0 Å². The number of primary amides is 1. The molecule has 5 nitrogen and oxygen atoms in total. The first-order valence-corrected chi connectivity index (χ1v) is 6.37. The van der Waals surface area contributed by atoms with Crippen LogP contribution in [0.2, 0.25) is 0 Å². The number of hydrogen-bond acceptors (Lipinski definition) is 4. The molecule has 0 aromatic carbocycles. The van der Waals surface area contributed by atoms with Crippen LogP contribution >= 0.6 is 0 Å². The Bertz CT molecular complexity index is 476. The van der Waals surface area contributed by atoms with Crippen LogP contribution in [-0.4, -0.2) is 37.1 Å². The number of fused-ring (bicyclic) bond motifs is 1. The Hall–Kier alpha value is -1.62. The maximum absolute atomic E-state index is 11.3. The smallest absolute Gasteiger partial charge is 0.248 e. The molecule has 2 fully saturated rings. The summed E-state index contributed by atoms with van der Waals surface area (Å²) in [6, 6.07) is 3.55. The van der Waals surface area contributed by atoms with Gasteiger partial charge in [0.15, 0.2) is 0 Å². The van der Waals surface area contributed by atoms with E-state index in [-0.39, 0.29) is 5.91 Å². The fraction of sp³-hybridized carbons (Fsp3) is 0.538. The van der Waals surface area contributed by atoms with E-state index in [1.165, 1.54) is 0 Å². The highest BCUT2D eigenvalue weighted by Crippen LogP contribution is 2.29. The minimum Gasteiger partial charge on any atom is -0.366 e. The van der Waals surface area contributed by atoms with Crippen LogP contribution in [0.15, 0.2) is 12.1 Å². The van der Waals surface area contributed by atoms with E-state index in [4.69, 9.17) is 5.73 Å². The molecule has 96 valence electrons. The van der Waals surface area contributed by atoms with Crippen molar-refractivity contribution in [3.8, 4) is 0 Å². The van der Waals surface area contributed by atoms with Crippen LogP contribution in [0.25, 0.3) is 0 Å². The largest absolute Gasteiger partial charge is 0.366 e. The van der Waals surface area contributed by atoms with Gasteiger partial charge in [-0.3, -0.25) is 4.79 Å². The van der Waals surface area contributed by atoms with Gasteiger partial charge in [0.2, 0.25) is 5.91 Å². The quantitative estimate of drug-likeness (QED) is 0.779. The molecule has 0 saturated carbocycles. The van der Waals surface area contributed by atoms with Gasteiger partial charge < -0.3 is 16.0 Å². The molecule has 5 heteroatoms. The lowest BCUT2D eigenvalue weighted by Crippen LogP contribution is -2.26. The second-order valence-corrected chi connectivity index (χ2v) is 5.30. The Morgan fingerprint density at radius 3 is 2.67 bits per heavy atom. The molecule has 1 aromatic rings. The number of carbonyl (C=O) groups excluding carboxylic acids is 1. The van der Waals surface area contributed by atoms with Crippen LogP contribution in [0.5, 0.6) is 0 Å². The molecule has 2 unspecified atom stereocenters. The minimum absolute atomic E-state index is 0.386. The molecule has 0 bridgehead atoms. The van der Waals surface area contributed by atoms with Gasteiger partial charge in [-0.25, -0.2) is 4.98 Å². The summed E-state index contributed by atoms with van der Waals surface area (Å²) < 4.78 is 0. The van der Waals surface area contributed by atoms with Crippen LogP contribution in [0.1, 0.15) is 16.1 Å². The molecule has 3 N–H and O–H groups in total. The number of anilines is 1. The zero-order chi connectivity index (χ0) is 12.7. The van der Waals surface area contributed by atoms with Gasteiger partial charge in [0.1, 0.15) is 5.82 Å². The van der Waals surface area contributed by atoms with Gasteiger partial charge >= 0.3 is 0 Å². The normalized spacial score (nSPS) is 26.4. The monoisotopic (exact) mass is 246 g/mol. The molecule has 1 amide bonds. The number of nitrogens with one attached hydrogen (secondary N) is 1. The molecule has 2 saturated heterocycles. The molecule has 2 atom stereocenters. The average molecular weight is 246 g/mol. The second-order valence-electron chi connectivity index (χ2n) is 5.30. The topological polar surface area (TPSA) is 71.2 Å². The highest BCUT2D eigenvalue weighted by atomic mass is 16.1. The standard InChI is InChI=1S/C13H18N4O/c1-8-2-9(13(14)18)3-12(16-8)17-6-10-4-15-5-11(10)7-17/h2-3,10-11,15H,4-7H2,1H3,(H2,14,18). The summed E-state index contributed by atoms with van der Waals surface area (Å²) in [5, 5.41) is 3.42. The number of pyridine rings is 1. The lowest BCUT2D eigenvalue weighted by Gasteiger charge is -2.19. The SMILES string of the molecule is Cc1cc(C(N)=O)cc(N2CC3CNCC3C2)n1. The molecular weight excluding hydrogens is 228 g/mol. The van der Waals surface area contributed by atoms with E-state index in [0.717, 1.165) is 37.7 Å². The van der Waals surface area contributed by atoms with Crippen molar-refractivity contribution in [1.29, 1.82) is 0 Å². The van der Waals surface area contributed by atoms with E-state index in [1.54, 1.807) is 6.07 Å². The molecule has 18 heavy (non-hydrogen) atoms. The van der Waals surface area contributed by atoms with Crippen LogP contribution in [0, 0.1) is 18.8 Å². The van der Waals surface area contributed by atoms with Gasteiger partial charge in [0.05, 0.1) is 0 Å². The van der Waals surface area contributed by atoms with Crippen LogP contribution in [0.3, 0.4) is 0 Å². The lowest BCUT2D eigenvalue weighted by atomic mass is 10.0. The first kappa shape index (κ1) is 11.5. The van der Waals surface area contributed by atoms with E-state index in [9.17, 15) is 4.79 Å². The van der Waals surface area contributed by atoms with Crippen molar-refractivity contribution in [2.75, 3.05) is 31.1 Å². The third-order valence-corrected chi connectivity index (χ3v) is 3.94. The Morgan fingerprint density at radius 1 is 1.39 bits per heavy atom. The number of nitrogens with two attached hydrogens (primary N) is 1. The van der Waals surface area contributed by atoms with Crippen LogP contribution < -0.4 is 16.0 Å². The van der Waals surface area contributed by atoms with Crippen molar-refractivity contribution in [2.24, 2.45) is 17.6 Å². The second kappa shape index (κ2) is 4.24. The van der Waals surface area contributed by atoms with Crippen molar-refractivity contribution >= 4 is 11.7 Å². The van der Waals surface area contributed by atoms with Crippen molar-refractivity contribution in [3.05, 3.63) is 23.4 Å². The summed E-state index contributed by atoms with van der Waals surface area (Å²) in [6.45, 7) is 6.12. The van der Waals surface area contributed by atoms with Gasteiger partial charge in [-0.15, -0.1) is 0 Å². The number of rotatable bonds is 2. The molecular formula is C13H18N4O. The van der Waals surface area contributed by atoms with Crippen molar-refractivity contribution in [2.45, 2.75) is 6.92 Å². The van der Waals surface area contributed by atoms with E-state index < -0.39 is 0 Å². The Morgan fingerprint density at radius 2 is 2.06 bits per heavy atom. The van der Waals surface area contributed by atoms with Crippen LogP contribution in [0.4, 0.5) is 5.82 Å². The summed E-state index contributed by atoms with van der Waals surface area (Å²) in [6.07, 6.45) is 0. The molecule has 2 aliphatic heterocycles. The summed E-state index contributed by atoms with van der Waals surface area (Å²) in [5.74, 6) is 1.93. The first-order valence-electron chi connectivity index (χ1n) is 6.37. The number of hydrogen-bond donors (Lipinski definition) is 2. The number of nitrogens with zero attached hydrogens (tertiary/aromatic N) is 2. The fourth-order valence-electron chi connectivity index (χ4n) is 3.00. The number of carbonyl (C=O) groups is 1. The van der Waals surface area contributed by atoms with E-state index >= 15 is 0 Å². The van der Waals surface area contributed by atoms with Crippen molar-refractivity contribution in [1.82, 2.24) is 10.3 Å². The van der Waals surface area contributed by atoms with Gasteiger partial charge in [-0.2, -0.15) is 0 Å². The van der Waals surface area contributed by atoms with Gasteiger partial charge in [0.25, 0.3) is 0 Å². The summed E-state index contributed by atoms with van der Waals surface area (Å²) in [4.78, 5) is 18.1. The molecule has 3 rings (SSSR count). The molecule has 0 spiro atoms. The predicted molar refractivity (Wildman–Crippen MR) is 69.6 cm³/mol. The Balaban J connectivity index is 1.86. The highest BCUT2D eigenvalue weighted by Gasteiger charge is 2.36. The Labute approximate surface area is 106 Å². The van der Waals surface area contributed by atoms with E-state index in [0.29, 0.717) is 17.4 Å². The molecule has 2 aliphatic rings. The summed E-state index contributed by atoms with van der Waals surface area (Å²) >= 11 is 0. The minimum atomic E-state index is -0.386.